The van der Waals surface area contributed by atoms with Gasteiger partial charge in [-0.1, -0.05) is 25.1 Å². The molecule has 1 saturated heterocycles. The van der Waals surface area contributed by atoms with Crippen LogP contribution in [0.3, 0.4) is 0 Å². The van der Waals surface area contributed by atoms with E-state index in [9.17, 15) is 0 Å². The molecule has 0 aromatic heterocycles. The summed E-state index contributed by atoms with van der Waals surface area (Å²) >= 11 is 5.54. The molecule has 0 unspecified atom stereocenters. The van der Waals surface area contributed by atoms with Crippen LogP contribution < -0.4 is 20.3 Å². The van der Waals surface area contributed by atoms with E-state index in [2.05, 4.69) is 59.7 Å². The molecule has 1 aliphatic rings. The predicted molar refractivity (Wildman–Crippen MR) is 118 cm³/mol. The standard InChI is InChI=1S/C22H29N3OS/c1-4-18-7-5-6-16(2)21(18)24-22(27)23-14-17-12-13-25(15-17)19-8-10-20(26-3)11-9-19/h5-11,17H,4,12-15H2,1-3H3,(H2,23,24,27)/t17-/m1/s1. The fourth-order valence-corrected chi connectivity index (χ4v) is 3.81. The van der Waals surface area contributed by atoms with Crippen LogP contribution in [-0.2, 0) is 6.42 Å². The predicted octanol–water partition coefficient (Wildman–Crippen LogP) is 4.38. The van der Waals surface area contributed by atoms with E-state index in [1.54, 1.807) is 7.11 Å². The van der Waals surface area contributed by atoms with E-state index in [1.165, 1.54) is 23.2 Å². The molecule has 1 aliphatic heterocycles. The molecular formula is C22H29N3OS. The summed E-state index contributed by atoms with van der Waals surface area (Å²) in [6.45, 7) is 7.31. The van der Waals surface area contributed by atoms with Crippen molar-refractivity contribution in [1.82, 2.24) is 5.32 Å². The third kappa shape index (κ3) is 4.92. The van der Waals surface area contributed by atoms with Crippen LogP contribution in [0, 0.1) is 12.8 Å². The molecule has 4 nitrogen and oxygen atoms in total. The fourth-order valence-electron chi connectivity index (χ4n) is 3.62. The highest BCUT2D eigenvalue weighted by Gasteiger charge is 2.22. The van der Waals surface area contributed by atoms with E-state index >= 15 is 0 Å². The van der Waals surface area contributed by atoms with Gasteiger partial charge in [-0.05, 0) is 73.3 Å². The van der Waals surface area contributed by atoms with Crippen molar-refractivity contribution in [3.05, 3.63) is 53.6 Å². The minimum atomic E-state index is 0.592. The van der Waals surface area contributed by atoms with Gasteiger partial charge in [-0.15, -0.1) is 0 Å². The van der Waals surface area contributed by atoms with Crippen molar-refractivity contribution >= 4 is 28.7 Å². The van der Waals surface area contributed by atoms with Crippen LogP contribution >= 0.6 is 12.2 Å². The van der Waals surface area contributed by atoms with Gasteiger partial charge in [0.1, 0.15) is 5.75 Å². The number of hydrogen-bond donors (Lipinski definition) is 2. The number of rotatable bonds is 6. The van der Waals surface area contributed by atoms with Crippen molar-refractivity contribution in [2.24, 2.45) is 5.92 Å². The number of nitrogens with zero attached hydrogens (tertiary/aromatic N) is 1. The van der Waals surface area contributed by atoms with Crippen LogP contribution in [0.1, 0.15) is 24.5 Å². The van der Waals surface area contributed by atoms with Crippen molar-refractivity contribution < 1.29 is 4.74 Å². The fraction of sp³-hybridized carbons (Fsp3) is 0.409. The highest BCUT2D eigenvalue weighted by atomic mass is 32.1. The summed E-state index contributed by atoms with van der Waals surface area (Å²) in [5.41, 5.74) is 4.92. The summed E-state index contributed by atoms with van der Waals surface area (Å²) in [5.74, 6) is 1.49. The van der Waals surface area contributed by atoms with Gasteiger partial charge in [-0.25, -0.2) is 0 Å². The first-order valence-electron chi connectivity index (χ1n) is 9.63. The normalized spacial score (nSPS) is 16.3. The molecule has 1 atom stereocenters. The maximum atomic E-state index is 5.54. The van der Waals surface area contributed by atoms with Crippen LogP contribution in [0.15, 0.2) is 42.5 Å². The van der Waals surface area contributed by atoms with Crippen molar-refractivity contribution in [1.29, 1.82) is 0 Å². The van der Waals surface area contributed by atoms with E-state index in [1.807, 2.05) is 12.1 Å². The zero-order valence-corrected chi connectivity index (χ0v) is 17.2. The Morgan fingerprint density at radius 2 is 2.00 bits per heavy atom. The Hall–Kier alpha value is -2.27. The van der Waals surface area contributed by atoms with Crippen molar-refractivity contribution in [3.8, 4) is 5.75 Å². The Kier molecular flexibility index (Phi) is 6.56. The molecule has 0 aliphatic carbocycles. The molecule has 1 fully saturated rings. The summed E-state index contributed by atoms with van der Waals surface area (Å²) in [6, 6.07) is 14.7. The third-order valence-electron chi connectivity index (χ3n) is 5.25. The number of para-hydroxylation sites is 1. The molecule has 0 amide bonds. The largest absolute Gasteiger partial charge is 0.497 e. The highest BCUT2D eigenvalue weighted by Crippen LogP contribution is 2.25. The van der Waals surface area contributed by atoms with Gasteiger partial charge in [0.05, 0.1) is 7.11 Å². The number of aryl methyl sites for hydroxylation is 2. The van der Waals surface area contributed by atoms with Crippen molar-refractivity contribution in [2.75, 3.05) is 37.0 Å². The Morgan fingerprint density at radius 1 is 1.22 bits per heavy atom. The van der Waals surface area contributed by atoms with Gasteiger partial charge in [0.25, 0.3) is 0 Å². The second kappa shape index (κ2) is 9.09. The molecule has 3 rings (SSSR count). The van der Waals surface area contributed by atoms with Gasteiger partial charge >= 0.3 is 0 Å². The molecule has 0 radical (unpaired) electrons. The lowest BCUT2D eigenvalue weighted by Gasteiger charge is -2.20. The van der Waals surface area contributed by atoms with Gasteiger partial charge in [0, 0.05) is 31.0 Å². The zero-order chi connectivity index (χ0) is 19.2. The maximum absolute atomic E-state index is 5.54. The number of thiocarbonyl (C=S) groups is 1. The van der Waals surface area contributed by atoms with Crippen molar-refractivity contribution in [2.45, 2.75) is 26.7 Å². The minimum Gasteiger partial charge on any atom is -0.497 e. The first kappa shape index (κ1) is 19.5. The van der Waals surface area contributed by atoms with Crippen LogP contribution in [0.5, 0.6) is 5.75 Å². The van der Waals surface area contributed by atoms with Gasteiger partial charge < -0.3 is 20.3 Å². The molecule has 2 N–H and O–H groups in total. The summed E-state index contributed by atoms with van der Waals surface area (Å²) < 4.78 is 5.24. The second-order valence-corrected chi connectivity index (χ2v) is 7.50. The first-order chi connectivity index (χ1) is 13.1. The monoisotopic (exact) mass is 383 g/mol. The number of nitrogens with one attached hydrogen (secondary N) is 2. The number of ether oxygens (including phenoxy) is 1. The van der Waals surface area contributed by atoms with Gasteiger partial charge in [-0.2, -0.15) is 0 Å². The molecule has 5 heteroatoms. The topological polar surface area (TPSA) is 36.5 Å². The average Bonchev–Trinajstić information content (AvgIpc) is 3.17. The third-order valence-corrected chi connectivity index (χ3v) is 5.50. The lowest BCUT2D eigenvalue weighted by Crippen LogP contribution is -2.34. The van der Waals surface area contributed by atoms with Crippen molar-refractivity contribution in [3.63, 3.8) is 0 Å². The van der Waals surface area contributed by atoms with Crippen LogP contribution in [0.2, 0.25) is 0 Å². The Morgan fingerprint density at radius 3 is 2.70 bits per heavy atom. The quantitative estimate of drug-likeness (QED) is 0.724. The smallest absolute Gasteiger partial charge is 0.170 e. The van der Waals surface area contributed by atoms with Crippen LogP contribution in [-0.4, -0.2) is 31.9 Å². The van der Waals surface area contributed by atoms with E-state index in [0.717, 1.165) is 37.5 Å². The van der Waals surface area contributed by atoms with Crippen LogP contribution in [0.4, 0.5) is 11.4 Å². The van der Waals surface area contributed by atoms with Crippen LogP contribution in [0.25, 0.3) is 0 Å². The molecule has 2 aromatic rings. The summed E-state index contributed by atoms with van der Waals surface area (Å²) in [4.78, 5) is 2.43. The number of hydrogen-bond acceptors (Lipinski definition) is 3. The molecule has 0 spiro atoms. The van der Waals surface area contributed by atoms with Gasteiger partial charge in [-0.3, -0.25) is 0 Å². The molecule has 2 aromatic carbocycles. The second-order valence-electron chi connectivity index (χ2n) is 7.10. The summed E-state index contributed by atoms with van der Waals surface area (Å²) in [5, 5.41) is 7.53. The summed E-state index contributed by atoms with van der Waals surface area (Å²) in [7, 11) is 1.70. The Labute approximate surface area is 167 Å². The van der Waals surface area contributed by atoms with E-state index in [-0.39, 0.29) is 0 Å². The van der Waals surface area contributed by atoms with Gasteiger partial charge in [0.2, 0.25) is 0 Å². The molecule has 144 valence electrons. The zero-order valence-electron chi connectivity index (χ0n) is 16.4. The Balaban J connectivity index is 1.50. The molecule has 0 saturated carbocycles. The van der Waals surface area contributed by atoms with E-state index < -0.39 is 0 Å². The highest BCUT2D eigenvalue weighted by molar-refractivity contribution is 7.80. The molecule has 1 heterocycles. The number of methoxy groups -OCH3 is 1. The molecule has 0 bridgehead atoms. The number of anilines is 2. The molecule has 27 heavy (non-hydrogen) atoms. The minimum absolute atomic E-state index is 0.592. The molecular weight excluding hydrogens is 354 g/mol. The number of benzene rings is 2. The lowest BCUT2D eigenvalue weighted by atomic mass is 10.1. The maximum Gasteiger partial charge on any atom is 0.170 e. The summed E-state index contributed by atoms with van der Waals surface area (Å²) in [6.07, 6.45) is 2.16. The average molecular weight is 384 g/mol. The Bertz CT molecular complexity index is 776. The van der Waals surface area contributed by atoms with Gasteiger partial charge in [0.15, 0.2) is 5.11 Å². The first-order valence-corrected chi connectivity index (χ1v) is 10.0. The lowest BCUT2D eigenvalue weighted by molar-refractivity contribution is 0.415. The SMILES string of the molecule is CCc1cccc(C)c1NC(=S)NC[C@H]1CCN(c2ccc(OC)cc2)C1. The van der Waals surface area contributed by atoms with E-state index in [4.69, 9.17) is 17.0 Å². The van der Waals surface area contributed by atoms with E-state index in [0.29, 0.717) is 11.0 Å².